The van der Waals surface area contributed by atoms with E-state index in [1.165, 1.54) is 6.20 Å². The van der Waals surface area contributed by atoms with Crippen LogP contribution in [0, 0.1) is 0 Å². The highest BCUT2D eigenvalue weighted by Gasteiger charge is 2.23. The van der Waals surface area contributed by atoms with Crippen LogP contribution < -0.4 is 0 Å². The highest BCUT2D eigenvalue weighted by Crippen LogP contribution is 2.24. The maximum Gasteiger partial charge on any atom is 0.189 e. The number of rotatable bonds is 6. The first-order valence-electron chi connectivity index (χ1n) is 6.44. The Morgan fingerprint density at radius 2 is 2.10 bits per heavy atom. The molecule has 1 atom stereocenters. The van der Waals surface area contributed by atoms with Gasteiger partial charge in [0.1, 0.15) is 5.69 Å². The summed E-state index contributed by atoms with van der Waals surface area (Å²) in [6.45, 7) is 2.87. The van der Waals surface area contributed by atoms with Crippen LogP contribution in [0.2, 0.25) is 5.02 Å². The van der Waals surface area contributed by atoms with Crippen molar-refractivity contribution in [1.82, 2.24) is 9.78 Å². The number of carbonyl (C=O) groups is 1. The van der Waals surface area contributed by atoms with Gasteiger partial charge >= 0.3 is 0 Å². The fourth-order valence-electron chi connectivity index (χ4n) is 2.05. The largest absolute Gasteiger partial charge is 0.383 e. The number of benzene rings is 1. The molecule has 0 radical (unpaired) electrons. The molecule has 0 aliphatic heterocycles. The number of aromatic nitrogens is 2. The zero-order valence-electron chi connectivity index (χ0n) is 11.5. The second kappa shape index (κ2) is 6.68. The van der Waals surface area contributed by atoms with Crippen LogP contribution in [0.4, 0.5) is 0 Å². The molecular weight excluding hydrogens is 276 g/mol. The summed E-state index contributed by atoms with van der Waals surface area (Å²) < 4.78 is 6.62. The van der Waals surface area contributed by atoms with Crippen LogP contribution in [0.25, 0.3) is 0 Å². The van der Waals surface area contributed by atoms with Gasteiger partial charge in [0.2, 0.25) is 0 Å². The van der Waals surface area contributed by atoms with Crippen LogP contribution in [-0.2, 0) is 11.3 Å². The lowest BCUT2D eigenvalue weighted by Crippen LogP contribution is -2.18. The molecule has 1 aromatic carbocycles. The number of hydrogen-bond donors (Lipinski definition) is 0. The second-order valence-corrected chi connectivity index (χ2v) is 4.96. The van der Waals surface area contributed by atoms with E-state index in [-0.39, 0.29) is 11.7 Å². The molecule has 0 saturated carbocycles. The van der Waals surface area contributed by atoms with Crippen molar-refractivity contribution in [2.45, 2.75) is 19.4 Å². The number of hydrogen-bond acceptors (Lipinski definition) is 3. The molecule has 1 aromatic heterocycles. The summed E-state index contributed by atoms with van der Waals surface area (Å²) in [6, 6.07) is 9.64. The SMILES string of the molecule is COCCn1ncc(Cl)c1C(=O)C(C)c1ccccc1. The monoisotopic (exact) mass is 292 g/mol. The molecule has 0 aliphatic carbocycles. The predicted octanol–water partition coefficient (Wildman–Crippen LogP) is 3.17. The van der Waals surface area contributed by atoms with Gasteiger partial charge in [-0.3, -0.25) is 9.48 Å². The van der Waals surface area contributed by atoms with E-state index < -0.39 is 0 Å². The third-order valence-corrected chi connectivity index (χ3v) is 3.50. The Balaban J connectivity index is 2.27. The van der Waals surface area contributed by atoms with Crippen molar-refractivity contribution in [3.05, 3.63) is 52.8 Å². The number of ketones is 1. The fraction of sp³-hybridized carbons (Fsp3) is 0.333. The molecule has 106 valence electrons. The molecule has 0 amide bonds. The maximum absolute atomic E-state index is 12.6. The summed E-state index contributed by atoms with van der Waals surface area (Å²) in [5, 5.41) is 4.52. The van der Waals surface area contributed by atoms with Gasteiger partial charge in [-0.2, -0.15) is 5.10 Å². The molecule has 1 unspecified atom stereocenters. The molecule has 5 heteroatoms. The summed E-state index contributed by atoms with van der Waals surface area (Å²) >= 11 is 6.11. The fourth-order valence-corrected chi connectivity index (χ4v) is 2.29. The Hall–Kier alpha value is -1.65. The van der Waals surface area contributed by atoms with Crippen molar-refractivity contribution < 1.29 is 9.53 Å². The van der Waals surface area contributed by atoms with Gasteiger partial charge in [0.05, 0.1) is 24.4 Å². The van der Waals surface area contributed by atoms with E-state index in [1.54, 1.807) is 11.8 Å². The minimum absolute atomic E-state index is 0.0326. The normalized spacial score (nSPS) is 12.3. The minimum atomic E-state index is -0.258. The minimum Gasteiger partial charge on any atom is -0.383 e. The summed E-state index contributed by atoms with van der Waals surface area (Å²) in [6.07, 6.45) is 1.50. The summed E-state index contributed by atoms with van der Waals surface area (Å²) in [4.78, 5) is 12.6. The van der Waals surface area contributed by atoms with Gasteiger partial charge in [-0.1, -0.05) is 48.9 Å². The average molecular weight is 293 g/mol. The topological polar surface area (TPSA) is 44.1 Å². The van der Waals surface area contributed by atoms with Gasteiger partial charge in [-0.25, -0.2) is 0 Å². The summed E-state index contributed by atoms with van der Waals surface area (Å²) in [7, 11) is 1.61. The van der Waals surface area contributed by atoms with E-state index in [0.717, 1.165) is 5.56 Å². The maximum atomic E-state index is 12.6. The molecule has 0 saturated heterocycles. The molecule has 20 heavy (non-hydrogen) atoms. The quantitative estimate of drug-likeness (QED) is 0.768. The lowest BCUT2D eigenvalue weighted by molar-refractivity contribution is 0.0952. The highest BCUT2D eigenvalue weighted by atomic mass is 35.5. The molecule has 0 aliphatic rings. The van der Waals surface area contributed by atoms with Crippen LogP contribution in [-0.4, -0.2) is 29.3 Å². The highest BCUT2D eigenvalue weighted by molar-refractivity contribution is 6.33. The van der Waals surface area contributed by atoms with Crippen molar-refractivity contribution in [1.29, 1.82) is 0 Å². The third kappa shape index (κ3) is 3.08. The molecule has 4 nitrogen and oxygen atoms in total. The number of Topliss-reactive ketones (excluding diaryl/α,β-unsaturated/α-hetero) is 1. The number of halogens is 1. The van der Waals surface area contributed by atoms with Crippen molar-refractivity contribution in [2.75, 3.05) is 13.7 Å². The number of nitrogens with zero attached hydrogens (tertiary/aromatic N) is 2. The molecule has 2 aromatic rings. The molecule has 0 spiro atoms. The zero-order valence-corrected chi connectivity index (χ0v) is 12.3. The number of carbonyl (C=O) groups excluding carboxylic acids is 1. The second-order valence-electron chi connectivity index (χ2n) is 4.55. The number of ether oxygens (including phenoxy) is 1. The van der Waals surface area contributed by atoms with Gasteiger partial charge in [0.15, 0.2) is 5.78 Å². The molecule has 0 N–H and O–H groups in total. The van der Waals surface area contributed by atoms with Crippen LogP contribution >= 0.6 is 11.6 Å². The van der Waals surface area contributed by atoms with E-state index in [0.29, 0.717) is 23.9 Å². The molecule has 0 bridgehead atoms. The van der Waals surface area contributed by atoms with E-state index in [2.05, 4.69) is 5.10 Å². The Morgan fingerprint density at radius 1 is 1.40 bits per heavy atom. The zero-order chi connectivity index (χ0) is 14.5. The average Bonchev–Trinajstić information content (AvgIpc) is 2.85. The van der Waals surface area contributed by atoms with Gasteiger partial charge < -0.3 is 4.74 Å². The van der Waals surface area contributed by atoms with Crippen LogP contribution in [0.3, 0.4) is 0 Å². The summed E-state index contributed by atoms with van der Waals surface area (Å²) in [5.41, 5.74) is 1.41. The van der Waals surface area contributed by atoms with Crippen molar-refractivity contribution in [3.8, 4) is 0 Å². The summed E-state index contributed by atoms with van der Waals surface area (Å²) in [5.74, 6) is -0.290. The van der Waals surface area contributed by atoms with Crippen LogP contribution in [0.5, 0.6) is 0 Å². The van der Waals surface area contributed by atoms with Gasteiger partial charge in [0, 0.05) is 13.0 Å². The molecule has 1 heterocycles. The van der Waals surface area contributed by atoms with E-state index in [4.69, 9.17) is 16.3 Å². The lowest BCUT2D eigenvalue weighted by atomic mass is 9.95. The van der Waals surface area contributed by atoms with Crippen molar-refractivity contribution >= 4 is 17.4 Å². The van der Waals surface area contributed by atoms with E-state index >= 15 is 0 Å². The van der Waals surface area contributed by atoms with Crippen LogP contribution in [0.1, 0.15) is 28.9 Å². The molecule has 0 fully saturated rings. The smallest absolute Gasteiger partial charge is 0.189 e. The van der Waals surface area contributed by atoms with Gasteiger partial charge in [0.25, 0.3) is 0 Å². The van der Waals surface area contributed by atoms with Gasteiger partial charge in [-0.15, -0.1) is 0 Å². The first-order valence-corrected chi connectivity index (χ1v) is 6.82. The van der Waals surface area contributed by atoms with E-state index in [1.807, 2.05) is 37.3 Å². The van der Waals surface area contributed by atoms with Crippen molar-refractivity contribution in [3.63, 3.8) is 0 Å². The molecular formula is C15H17ClN2O2. The Morgan fingerprint density at radius 3 is 2.75 bits per heavy atom. The molecule has 2 rings (SSSR count). The van der Waals surface area contributed by atoms with Crippen molar-refractivity contribution in [2.24, 2.45) is 0 Å². The number of methoxy groups -OCH3 is 1. The predicted molar refractivity (Wildman–Crippen MR) is 78.3 cm³/mol. The lowest BCUT2D eigenvalue weighted by Gasteiger charge is -2.13. The standard InChI is InChI=1S/C15H17ClN2O2/c1-11(12-6-4-3-5-7-12)15(19)14-13(16)10-17-18(14)8-9-20-2/h3-7,10-11H,8-9H2,1-2H3. The van der Waals surface area contributed by atoms with E-state index in [9.17, 15) is 4.79 Å². The van der Waals surface area contributed by atoms with Gasteiger partial charge in [-0.05, 0) is 5.56 Å². The third-order valence-electron chi connectivity index (χ3n) is 3.23. The Kier molecular flexibility index (Phi) is 4.93. The Labute approximate surface area is 123 Å². The Bertz CT molecular complexity index is 581. The first-order chi connectivity index (χ1) is 9.65. The first kappa shape index (κ1) is 14.8. The van der Waals surface area contributed by atoms with Crippen LogP contribution in [0.15, 0.2) is 36.5 Å².